The Bertz CT molecular complexity index is 261. The molecule has 0 fully saturated rings. The van der Waals surface area contributed by atoms with Crippen molar-refractivity contribution >= 4 is 6.29 Å². The van der Waals surface area contributed by atoms with E-state index in [1.807, 2.05) is 13.8 Å². The van der Waals surface area contributed by atoms with Crippen molar-refractivity contribution in [1.29, 1.82) is 0 Å². The van der Waals surface area contributed by atoms with E-state index >= 15 is 0 Å². The fourth-order valence-electron chi connectivity index (χ4n) is 0.578. The summed E-state index contributed by atoms with van der Waals surface area (Å²) in [4.78, 5) is 13.7. The van der Waals surface area contributed by atoms with Crippen LogP contribution in [0.15, 0.2) is 12.3 Å². The first kappa shape index (κ1) is 10.8. The van der Waals surface area contributed by atoms with Gasteiger partial charge < -0.3 is 0 Å². The molecule has 66 valence electrons. The molecule has 1 heterocycles. The second-order valence-electron chi connectivity index (χ2n) is 1.98. The molecule has 0 spiro atoms. The minimum absolute atomic E-state index is 0.128. The second-order valence-corrected chi connectivity index (χ2v) is 1.98. The number of aromatic nitrogens is 1. The minimum atomic E-state index is -0.392. The largest absolute Gasteiger partial charge is 0.296 e. The molecule has 0 aliphatic rings. The van der Waals surface area contributed by atoms with Crippen molar-refractivity contribution in [2.24, 2.45) is 0 Å². The van der Waals surface area contributed by atoms with Crippen LogP contribution in [0.5, 0.6) is 0 Å². The summed E-state index contributed by atoms with van der Waals surface area (Å²) in [5.41, 5.74) is 0.578. The van der Waals surface area contributed by atoms with Gasteiger partial charge in [0.25, 0.3) is 0 Å². The van der Waals surface area contributed by atoms with Crippen LogP contribution in [0.4, 0.5) is 4.39 Å². The summed E-state index contributed by atoms with van der Waals surface area (Å²) in [5, 5.41) is 0. The first-order chi connectivity index (χ1) is 5.74. The molecule has 0 aliphatic heterocycles. The van der Waals surface area contributed by atoms with Crippen LogP contribution < -0.4 is 0 Å². The van der Waals surface area contributed by atoms with Crippen molar-refractivity contribution in [2.75, 3.05) is 0 Å². The molecule has 0 aliphatic carbocycles. The number of nitrogens with zero attached hydrogens (tertiary/aromatic N) is 1. The first-order valence-electron chi connectivity index (χ1n) is 3.81. The molecule has 0 bridgehead atoms. The lowest BCUT2D eigenvalue weighted by Gasteiger charge is -1.93. The number of rotatable bonds is 1. The molecule has 0 saturated carbocycles. The smallest absolute Gasteiger partial charge is 0.168 e. The van der Waals surface area contributed by atoms with Gasteiger partial charge in [-0.1, -0.05) is 13.8 Å². The van der Waals surface area contributed by atoms with Crippen molar-refractivity contribution < 1.29 is 9.18 Å². The van der Waals surface area contributed by atoms with Gasteiger partial charge >= 0.3 is 0 Å². The summed E-state index contributed by atoms with van der Waals surface area (Å²) in [6.07, 6.45) is 1.85. The lowest BCUT2D eigenvalue weighted by Crippen LogP contribution is -1.90. The Kier molecular flexibility index (Phi) is 4.84. The van der Waals surface area contributed by atoms with Gasteiger partial charge in [0.05, 0.1) is 0 Å². The van der Waals surface area contributed by atoms with E-state index in [2.05, 4.69) is 4.98 Å². The van der Waals surface area contributed by atoms with Crippen molar-refractivity contribution in [1.82, 2.24) is 4.98 Å². The summed E-state index contributed by atoms with van der Waals surface area (Å²) >= 11 is 0. The van der Waals surface area contributed by atoms with Gasteiger partial charge in [-0.25, -0.2) is 4.39 Å². The van der Waals surface area contributed by atoms with Gasteiger partial charge in [-0.2, -0.15) is 0 Å². The Morgan fingerprint density at radius 1 is 1.50 bits per heavy atom. The number of carbonyl (C=O) groups excluding carboxylic acids is 1. The van der Waals surface area contributed by atoms with Gasteiger partial charge in [0.15, 0.2) is 6.29 Å². The molecule has 1 aromatic heterocycles. The molecule has 0 saturated heterocycles. The molecule has 0 aromatic carbocycles. The van der Waals surface area contributed by atoms with Crippen LogP contribution in [0.3, 0.4) is 0 Å². The Balaban J connectivity index is 0.000000561. The molecule has 1 rings (SSSR count). The number of aryl methyl sites for hydroxylation is 1. The Labute approximate surface area is 71.4 Å². The zero-order valence-electron chi connectivity index (χ0n) is 7.47. The van der Waals surface area contributed by atoms with Crippen LogP contribution in [-0.2, 0) is 0 Å². The Hall–Kier alpha value is -1.25. The van der Waals surface area contributed by atoms with Crippen molar-refractivity contribution in [3.8, 4) is 0 Å². The molecule has 0 amide bonds. The Morgan fingerprint density at radius 2 is 2.08 bits per heavy atom. The van der Waals surface area contributed by atoms with Crippen LogP contribution in [0.1, 0.15) is 29.9 Å². The summed E-state index contributed by atoms with van der Waals surface area (Å²) < 4.78 is 12.6. The van der Waals surface area contributed by atoms with Gasteiger partial charge in [-0.3, -0.25) is 9.78 Å². The highest BCUT2D eigenvalue weighted by atomic mass is 19.1. The highest BCUT2D eigenvalue weighted by Crippen LogP contribution is 2.03. The molecular weight excluding hydrogens is 157 g/mol. The third kappa shape index (κ3) is 2.78. The van der Waals surface area contributed by atoms with Crippen LogP contribution in [0.25, 0.3) is 0 Å². The molecule has 0 atom stereocenters. The van der Waals surface area contributed by atoms with E-state index in [0.717, 1.165) is 6.07 Å². The lowest BCUT2D eigenvalue weighted by molar-refractivity contribution is 0.111. The van der Waals surface area contributed by atoms with Crippen LogP contribution >= 0.6 is 0 Å². The normalized spacial score (nSPS) is 8.33. The van der Waals surface area contributed by atoms with Crippen molar-refractivity contribution in [3.63, 3.8) is 0 Å². The van der Waals surface area contributed by atoms with Gasteiger partial charge in [0, 0.05) is 17.8 Å². The third-order valence-electron chi connectivity index (χ3n) is 1.18. The number of hydrogen-bond acceptors (Lipinski definition) is 2. The maximum atomic E-state index is 12.6. The van der Waals surface area contributed by atoms with E-state index in [1.165, 1.54) is 6.20 Å². The van der Waals surface area contributed by atoms with Gasteiger partial charge in [-0.15, -0.1) is 0 Å². The second kappa shape index (κ2) is 5.41. The van der Waals surface area contributed by atoms with Gasteiger partial charge in [-0.05, 0) is 6.92 Å². The topological polar surface area (TPSA) is 30.0 Å². The fourth-order valence-corrected chi connectivity index (χ4v) is 0.578. The molecule has 3 heteroatoms. The zero-order valence-corrected chi connectivity index (χ0v) is 7.47. The highest BCUT2D eigenvalue weighted by Gasteiger charge is 1.97. The fraction of sp³-hybridized carbons (Fsp3) is 0.333. The van der Waals surface area contributed by atoms with Crippen LogP contribution in [0, 0.1) is 12.7 Å². The SMILES string of the molecule is CC.Cc1cnc(C=O)cc1F. The highest BCUT2D eigenvalue weighted by molar-refractivity contribution is 5.71. The molecule has 2 nitrogen and oxygen atoms in total. The molecule has 0 radical (unpaired) electrons. The first-order valence-corrected chi connectivity index (χ1v) is 3.81. The standard InChI is InChI=1S/C7H6FNO.C2H6/c1-5-3-9-6(4-10)2-7(5)8;1-2/h2-4H,1H3;1-2H3. The monoisotopic (exact) mass is 169 g/mol. The summed E-state index contributed by atoms with van der Waals surface area (Å²) in [5.74, 6) is -0.392. The van der Waals surface area contributed by atoms with Crippen LogP contribution in [-0.4, -0.2) is 11.3 Å². The Morgan fingerprint density at radius 3 is 2.50 bits per heavy atom. The molecule has 0 unspecified atom stereocenters. The number of aldehydes is 1. The number of carbonyl (C=O) groups is 1. The number of halogens is 1. The molecule has 0 N–H and O–H groups in total. The van der Waals surface area contributed by atoms with E-state index < -0.39 is 5.82 Å². The van der Waals surface area contributed by atoms with Gasteiger partial charge in [0.1, 0.15) is 11.5 Å². The quantitative estimate of drug-likeness (QED) is 0.604. The average Bonchev–Trinajstić information content (AvgIpc) is 2.13. The van der Waals surface area contributed by atoms with E-state index in [9.17, 15) is 9.18 Å². The summed E-state index contributed by atoms with van der Waals surface area (Å²) in [6, 6.07) is 1.11. The predicted molar refractivity (Wildman–Crippen MR) is 45.7 cm³/mol. The number of hydrogen-bond donors (Lipinski definition) is 0. The molecular formula is C9H12FNO. The van der Waals surface area contributed by atoms with E-state index in [4.69, 9.17) is 0 Å². The summed E-state index contributed by atoms with van der Waals surface area (Å²) in [6.45, 7) is 5.59. The van der Waals surface area contributed by atoms with Crippen molar-refractivity contribution in [2.45, 2.75) is 20.8 Å². The number of pyridine rings is 1. The predicted octanol–water partition coefficient (Wildman–Crippen LogP) is 2.37. The lowest BCUT2D eigenvalue weighted by atomic mass is 10.3. The van der Waals surface area contributed by atoms with Gasteiger partial charge in [0.2, 0.25) is 0 Å². The maximum absolute atomic E-state index is 12.6. The average molecular weight is 169 g/mol. The maximum Gasteiger partial charge on any atom is 0.168 e. The molecule has 12 heavy (non-hydrogen) atoms. The molecule has 1 aromatic rings. The zero-order chi connectivity index (χ0) is 9.56. The minimum Gasteiger partial charge on any atom is -0.296 e. The van der Waals surface area contributed by atoms with E-state index in [0.29, 0.717) is 11.8 Å². The van der Waals surface area contributed by atoms with E-state index in [-0.39, 0.29) is 5.69 Å². The third-order valence-corrected chi connectivity index (χ3v) is 1.18. The van der Waals surface area contributed by atoms with Crippen molar-refractivity contribution in [3.05, 3.63) is 29.3 Å². The van der Waals surface area contributed by atoms with Crippen LogP contribution in [0.2, 0.25) is 0 Å². The van der Waals surface area contributed by atoms with E-state index in [1.54, 1.807) is 6.92 Å². The summed E-state index contributed by atoms with van der Waals surface area (Å²) in [7, 11) is 0.